The minimum atomic E-state index is 0.460. The number of aryl methyl sites for hydroxylation is 1. The summed E-state index contributed by atoms with van der Waals surface area (Å²) in [5, 5.41) is 0. The highest BCUT2D eigenvalue weighted by Gasteiger charge is 2.06. The standard InChI is InChI=1S/C8H11N5S/c9-7-6-8(11-4-10-6)13-5(12-7)2-1-3-14/h4,14H,1-3H2,(H3,9,10,11,12,13). The highest BCUT2D eigenvalue weighted by atomic mass is 32.1. The summed E-state index contributed by atoms with van der Waals surface area (Å²) in [6.45, 7) is 0. The van der Waals surface area contributed by atoms with Crippen molar-refractivity contribution < 1.29 is 0 Å². The first-order chi connectivity index (χ1) is 6.81. The van der Waals surface area contributed by atoms with Crippen LogP contribution in [-0.2, 0) is 6.42 Å². The van der Waals surface area contributed by atoms with Crippen LogP contribution >= 0.6 is 12.6 Å². The lowest BCUT2D eigenvalue weighted by Crippen LogP contribution is -2.01. The largest absolute Gasteiger partial charge is 0.382 e. The molecule has 0 aliphatic carbocycles. The number of imidazole rings is 1. The molecule has 0 saturated carbocycles. The molecule has 14 heavy (non-hydrogen) atoms. The number of nitrogens with zero attached hydrogens (tertiary/aromatic N) is 3. The van der Waals surface area contributed by atoms with Crippen LogP contribution in [0.1, 0.15) is 12.2 Å². The molecule has 3 N–H and O–H groups in total. The van der Waals surface area contributed by atoms with E-state index < -0.39 is 0 Å². The summed E-state index contributed by atoms with van der Waals surface area (Å²) in [7, 11) is 0. The van der Waals surface area contributed by atoms with Crippen LogP contribution in [0.3, 0.4) is 0 Å². The first-order valence-electron chi connectivity index (χ1n) is 4.37. The molecule has 0 aliphatic rings. The van der Waals surface area contributed by atoms with E-state index in [4.69, 9.17) is 5.73 Å². The molecule has 2 rings (SSSR count). The Balaban J connectivity index is 2.38. The Morgan fingerprint density at radius 2 is 2.29 bits per heavy atom. The van der Waals surface area contributed by atoms with Gasteiger partial charge in [-0.15, -0.1) is 0 Å². The van der Waals surface area contributed by atoms with Crippen LogP contribution < -0.4 is 5.73 Å². The summed E-state index contributed by atoms with van der Waals surface area (Å²) >= 11 is 4.13. The van der Waals surface area contributed by atoms with E-state index in [1.165, 1.54) is 0 Å². The molecule has 0 aromatic carbocycles. The fourth-order valence-corrected chi connectivity index (χ4v) is 1.41. The third-order valence-electron chi connectivity index (χ3n) is 1.92. The van der Waals surface area contributed by atoms with Gasteiger partial charge in [-0.25, -0.2) is 15.0 Å². The van der Waals surface area contributed by atoms with Gasteiger partial charge in [-0.05, 0) is 12.2 Å². The Kier molecular flexibility index (Phi) is 2.53. The molecule has 6 heteroatoms. The number of thiol groups is 1. The molecule has 2 aromatic heterocycles. The van der Waals surface area contributed by atoms with Gasteiger partial charge in [-0.1, -0.05) is 0 Å². The highest BCUT2D eigenvalue weighted by Crippen LogP contribution is 2.13. The maximum absolute atomic E-state index is 5.73. The molecule has 2 heterocycles. The SMILES string of the molecule is Nc1nc(CCCS)nc2nc[nH]c12. The molecule has 0 spiro atoms. The van der Waals surface area contributed by atoms with E-state index in [-0.39, 0.29) is 0 Å². The molecule has 0 saturated heterocycles. The molecule has 0 radical (unpaired) electrons. The molecule has 0 aliphatic heterocycles. The van der Waals surface area contributed by atoms with Gasteiger partial charge in [0.25, 0.3) is 0 Å². The first kappa shape index (κ1) is 9.26. The number of anilines is 1. The van der Waals surface area contributed by atoms with Crippen molar-refractivity contribution in [2.24, 2.45) is 0 Å². The number of nitrogens with one attached hydrogen (secondary N) is 1. The number of fused-ring (bicyclic) bond motifs is 1. The van der Waals surface area contributed by atoms with Gasteiger partial charge in [0.2, 0.25) is 0 Å². The minimum Gasteiger partial charge on any atom is -0.382 e. The van der Waals surface area contributed by atoms with Gasteiger partial charge in [-0.3, -0.25) is 0 Å². The van der Waals surface area contributed by atoms with Crippen molar-refractivity contribution in [2.75, 3.05) is 11.5 Å². The van der Waals surface area contributed by atoms with Crippen LogP contribution in [-0.4, -0.2) is 25.7 Å². The molecule has 0 fully saturated rings. The number of hydrogen-bond acceptors (Lipinski definition) is 5. The maximum atomic E-state index is 5.73. The summed E-state index contributed by atoms with van der Waals surface area (Å²) in [5.74, 6) is 2.01. The second-order valence-corrected chi connectivity index (χ2v) is 3.40. The molecule has 74 valence electrons. The third kappa shape index (κ3) is 1.65. The van der Waals surface area contributed by atoms with Crippen molar-refractivity contribution >= 4 is 29.6 Å². The van der Waals surface area contributed by atoms with Gasteiger partial charge in [0.05, 0.1) is 6.33 Å². The van der Waals surface area contributed by atoms with E-state index in [1.54, 1.807) is 6.33 Å². The summed E-state index contributed by atoms with van der Waals surface area (Å²) in [6, 6.07) is 0. The molecular weight excluding hydrogens is 198 g/mol. The fourth-order valence-electron chi connectivity index (χ4n) is 1.25. The average molecular weight is 209 g/mol. The van der Waals surface area contributed by atoms with E-state index >= 15 is 0 Å². The summed E-state index contributed by atoms with van der Waals surface area (Å²) in [6.07, 6.45) is 3.30. The lowest BCUT2D eigenvalue weighted by atomic mass is 10.3. The van der Waals surface area contributed by atoms with Crippen molar-refractivity contribution in [2.45, 2.75) is 12.8 Å². The Bertz CT molecular complexity index is 438. The molecule has 2 aromatic rings. The van der Waals surface area contributed by atoms with Gasteiger partial charge < -0.3 is 10.7 Å². The zero-order chi connectivity index (χ0) is 9.97. The van der Waals surface area contributed by atoms with Gasteiger partial charge in [-0.2, -0.15) is 12.6 Å². The van der Waals surface area contributed by atoms with Crippen molar-refractivity contribution in [3.63, 3.8) is 0 Å². The normalized spacial score (nSPS) is 10.9. The Labute approximate surface area is 86.6 Å². The number of rotatable bonds is 3. The molecule has 5 nitrogen and oxygen atoms in total. The zero-order valence-corrected chi connectivity index (χ0v) is 8.46. The van der Waals surface area contributed by atoms with Crippen LogP contribution in [0.2, 0.25) is 0 Å². The Hall–Kier alpha value is -1.30. The number of aromatic amines is 1. The average Bonchev–Trinajstić information content (AvgIpc) is 2.63. The maximum Gasteiger partial charge on any atom is 0.183 e. The second-order valence-electron chi connectivity index (χ2n) is 2.95. The van der Waals surface area contributed by atoms with Crippen molar-refractivity contribution in [3.8, 4) is 0 Å². The molecule has 0 unspecified atom stereocenters. The molecule has 0 atom stereocenters. The van der Waals surface area contributed by atoms with Gasteiger partial charge in [0, 0.05) is 6.42 Å². The number of nitrogen functional groups attached to an aromatic ring is 1. The van der Waals surface area contributed by atoms with Gasteiger partial charge in [0.15, 0.2) is 11.5 Å². The number of H-pyrrole nitrogens is 1. The Morgan fingerprint density at radius 3 is 3.07 bits per heavy atom. The topological polar surface area (TPSA) is 80.5 Å². The fraction of sp³-hybridized carbons (Fsp3) is 0.375. The number of aromatic nitrogens is 4. The van der Waals surface area contributed by atoms with Crippen LogP contribution in [0.25, 0.3) is 11.2 Å². The van der Waals surface area contributed by atoms with Crippen LogP contribution in [0.5, 0.6) is 0 Å². The van der Waals surface area contributed by atoms with E-state index in [9.17, 15) is 0 Å². The summed E-state index contributed by atoms with van der Waals surface area (Å²) < 4.78 is 0. The quantitative estimate of drug-likeness (QED) is 0.653. The summed E-state index contributed by atoms with van der Waals surface area (Å²) in [4.78, 5) is 15.4. The lowest BCUT2D eigenvalue weighted by Gasteiger charge is -1.99. The number of nitrogens with two attached hydrogens (primary N) is 1. The second kappa shape index (κ2) is 3.83. The van der Waals surface area contributed by atoms with Crippen molar-refractivity contribution in [1.82, 2.24) is 19.9 Å². The van der Waals surface area contributed by atoms with Gasteiger partial charge >= 0.3 is 0 Å². The lowest BCUT2D eigenvalue weighted by molar-refractivity contribution is 0.854. The molecule has 0 bridgehead atoms. The van der Waals surface area contributed by atoms with E-state index in [2.05, 4.69) is 32.6 Å². The smallest absolute Gasteiger partial charge is 0.183 e. The molecule has 0 amide bonds. The van der Waals surface area contributed by atoms with Crippen LogP contribution in [0, 0.1) is 0 Å². The van der Waals surface area contributed by atoms with Crippen LogP contribution in [0.4, 0.5) is 5.82 Å². The molecular formula is C8H11N5S. The van der Waals surface area contributed by atoms with E-state index in [1.807, 2.05) is 0 Å². The number of hydrogen-bond donors (Lipinski definition) is 3. The van der Waals surface area contributed by atoms with E-state index in [0.717, 1.165) is 24.4 Å². The third-order valence-corrected chi connectivity index (χ3v) is 2.23. The minimum absolute atomic E-state index is 0.460. The van der Waals surface area contributed by atoms with Gasteiger partial charge in [0.1, 0.15) is 11.3 Å². The Morgan fingerprint density at radius 1 is 1.43 bits per heavy atom. The summed E-state index contributed by atoms with van der Waals surface area (Å²) in [5.41, 5.74) is 7.07. The van der Waals surface area contributed by atoms with Crippen molar-refractivity contribution in [3.05, 3.63) is 12.2 Å². The predicted octanol–water partition coefficient (Wildman–Crippen LogP) is 0.797. The van der Waals surface area contributed by atoms with Crippen molar-refractivity contribution in [1.29, 1.82) is 0 Å². The predicted molar refractivity (Wildman–Crippen MR) is 58.3 cm³/mol. The zero-order valence-electron chi connectivity index (χ0n) is 7.56. The van der Waals surface area contributed by atoms with Crippen LogP contribution in [0.15, 0.2) is 6.33 Å². The highest BCUT2D eigenvalue weighted by molar-refractivity contribution is 7.80. The first-order valence-corrected chi connectivity index (χ1v) is 5.01. The monoisotopic (exact) mass is 209 g/mol. The van der Waals surface area contributed by atoms with E-state index in [0.29, 0.717) is 17.0 Å².